The number of hydrogen-bond acceptors (Lipinski definition) is 5. The van der Waals surface area contributed by atoms with Crippen molar-refractivity contribution in [2.24, 2.45) is 0 Å². The fourth-order valence-electron chi connectivity index (χ4n) is 8.06. The molecule has 9 aromatic rings. The molecular formula is C59H55N7O+2. The number of pyridine rings is 1. The number of fused-ring (bicyclic) bond motifs is 3. The lowest BCUT2D eigenvalue weighted by Gasteiger charge is -2.23. The van der Waals surface area contributed by atoms with Crippen LogP contribution >= 0.6 is 0 Å². The highest BCUT2D eigenvalue weighted by Gasteiger charge is 2.31. The molecule has 0 atom stereocenters. The zero-order valence-corrected chi connectivity index (χ0v) is 38.9. The first-order valence-electron chi connectivity index (χ1n) is 27.1. The zero-order chi connectivity index (χ0) is 55.4. The quantitative estimate of drug-likeness (QED) is 0.142. The van der Waals surface area contributed by atoms with E-state index in [1.165, 1.54) is 0 Å². The Labute approximate surface area is 407 Å². The molecule has 0 amide bonds. The Bertz CT molecular complexity index is 3890. The molecule has 0 saturated carbocycles. The molecule has 0 saturated heterocycles. The molecule has 0 N–H and O–H groups in total. The van der Waals surface area contributed by atoms with Crippen molar-refractivity contribution in [3.8, 4) is 51.0 Å². The second-order valence-corrected chi connectivity index (χ2v) is 19.6. The number of para-hydroxylation sites is 2. The molecule has 8 nitrogen and oxygen atoms in total. The Morgan fingerprint density at radius 1 is 0.567 bits per heavy atom. The smallest absolute Gasteiger partial charge is 0.456 e. The number of nitrogens with zero attached hydrogens (tertiary/aromatic N) is 7. The number of aromatic nitrogens is 5. The van der Waals surface area contributed by atoms with Crippen molar-refractivity contribution in [3.63, 3.8) is 0 Å². The molecule has 6 aromatic carbocycles. The summed E-state index contributed by atoms with van der Waals surface area (Å²) in [5.41, 5.74) is 2.81. The maximum absolute atomic E-state index is 9.01. The Morgan fingerprint density at radius 2 is 1.19 bits per heavy atom. The molecule has 0 bridgehead atoms. The van der Waals surface area contributed by atoms with Crippen molar-refractivity contribution in [1.82, 2.24) is 24.5 Å². The fourth-order valence-corrected chi connectivity index (χ4v) is 8.06. The van der Waals surface area contributed by atoms with Crippen LogP contribution in [-0.4, -0.2) is 39.7 Å². The van der Waals surface area contributed by atoms with Gasteiger partial charge < -0.3 is 4.74 Å². The predicted molar refractivity (Wildman–Crippen MR) is 271 cm³/mol. The van der Waals surface area contributed by atoms with Gasteiger partial charge in [-0.15, -0.1) is 0 Å². The Hall–Kier alpha value is -7.80. The van der Waals surface area contributed by atoms with Crippen LogP contribution in [0.1, 0.15) is 93.2 Å². The van der Waals surface area contributed by atoms with Crippen LogP contribution in [0.5, 0.6) is 11.5 Å². The van der Waals surface area contributed by atoms with E-state index in [1.54, 1.807) is 45.9 Å². The van der Waals surface area contributed by atoms with Gasteiger partial charge in [0.05, 0.1) is 47.5 Å². The third-order valence-electron chi connectivity index (χ3n) is 11.5. The van der Waals surface area contributed by atoms with E-state index in [0.717, 1.165) is 33.2 Å². The minimum absolute atomic E-state index is 0.142. The molecule has 8 heteroatoms. The first kappa shape index (κ1) is 32.8. The highest BCUT2D eigenvalue weighted by Crippen LogP contribution is 2.44. The molecule has 67 heavy (non-hydrogen) atoms. The van der Waals surface area contributed by atoms with Gasteiger partial charge in [-0.25, -0.2) is 19.9 Å². The fraction of sp³-hybridized carbons (Fsp3) is 0.203. The SMILES string of the molecule is [2H]c1c([2H])c([2H])c(-c2cccc(-c3c([2H])c([2H])c([2H])c([2H])c3[2H])c2[N+]2=C=[N+](c3cc(Oc4cc5c(cc4-c4nc(C(C)(C)C)nc(C(C)(C)C)n4)c4ccccc4n5-c4ccccn4)cc(C(C)(C)C)c3)C=C2)c([2H])c1[2H]. The first-order chi connectivity index (χ1) is 36.2. The van der Waals surface area contributed by atoms with Crippen molar-refractivity contribution in [1.29, 1.82) is 0 Å². The molecule has 1 aliphatic rings. The molecule has 330 valence electrons. The van der Waals surface area contributed by atoms with Crippen LogP contribution in [0.4, 0.5) is 11.4 Å². The summed E-state index contributed by atoms with van der Waals surface area (Å²) in [6.07, 6.45) is 5.15. The van der Waals surface area contributed by atoms with Crippen molar-refractivity contribution < 1.29 is 27.6 Å². The lowest BCUT2D eigenvalue weighted by Crippen LogP contribution is -2.24. The van der Waals surface area contributed by atoms with E-state index in [9.17, 15) is 0 Å². The first-order valence-corrected chi connectivity index (χ1v) is 22.1. The third kappa shape index (κ3) is 8.37. The summed E-state index contributed by atoms with van der Waals surface area (Å²) in [5.74, 6) is 3.35. The van der Waals surface area contributed by atoms with Gasteiger partial charge in [0.1, 0.15) is 29.0 Å². The van der Waals surface area contributed by atoms with Crippen molar-refractivity contribution in [2.75, 3.05) is 0 Å². The van der Waals surface area contributed by atoms with Gasteiger partial charge in [-0.3, -0.25) is 4.57 Å². The summed E-state index contributed by atoms with van der Waals surface area (Å²) in [6.45, 7) is 18.7. The van der Waals surface area contributed by atoms with Crippen LogP contribution in [0.2, 0.25) is 0 Å². The number of benzene rings is 6. The maximum atomic E-state index is 9.01. The molecule has 10 rings (SSSR count). The number of rotatable bonds is 8. The predicted octanol–water partition coefficient (Wildman–Crippen LogP) is 14.7. The molecular weight excluding hydrogens is 823 g/mol. The average Bonchev–Trinajstić information content (AvgIpc) is 4.06. The zero-order valence-electron chi connectivity index (χ0n) is 48.9. The van der Waals surface area contributed by atoms with Crippen LogP contribution in [0.25, 0.3) is 61.3 Å². The minimum Gasteiger partial charge on any atom is -0.456 e. The summed E-state index contributed by atoms with van der Waals surface area (Å²) in [7, 11) is 0. The second kappa shape index (κ2) is 16.6. The van der Waals surface area contributed by atoms with E-state index in [0.29, 0.717) is 40.2 Å². The summed E-state index contributed by atoms with van der Waals surface area (Å²) >= 11 is 0. The van der Waals surface area contributed by atoms with E-state index in [-0.39, 0.29) is 27.9 Å². The van der Waals surface area contributed by atoms with Gasteiger partial charge in [0.25, 0.3) is 12.4 Å². The van der Waals surface area contributed by atoms with Crippen LogP contribution in [0.15, 0.2) is 170 Å². The Kier molecular flexibility index (Phi) is 8.11. The van der Waals surface area contributed by atoms with Crippen molar-refractivity contribution in [2.45, 2.75) is 78.6 Å². The van der Waals surface area contributed by atoms with Crippen LogP contribution < -0.4 is 4.74 Å². The molecule has 3 aromatic heterocycles. The van der Waals surface area contributed by atoms with Gasteiger partial charge >= 0.3 is 6.01 Å². The second-order valence-electron chi connectivity index (χ2n) is 19.6. The normalized spacial score (nSPS) is 15.1. The topological polar surface area (TPSA) is 71.7 Å². The molecule has 1 aliphatic heterocycles. The van der Waals surface area contributed by atoms with E-state index in [4.69, 9.17) is 38.4 Å². The molecule has 0 fully saturated rings. The van der Waals surface area contributed by atoms with E-state index in [2.05, 4.69) is 91.1 Å². The van der Waals surface area contributed by atoms with E-state index in [1.807, 2.05) is 54.6 Å². The maximum Gasteiger partial charge on any atom is 0.501 e. The highest BCUT2D eigenvalue weighted by atomic mass is 16.5. The Balaban J connectivity index is 1.23. The highest BCUT2D eigenvalue weighted by molar-refractivity contribution is 6.11. The van der Waals surface area contributed by atoms with Gasteiger partial charge in [-0.05, 0) is 64.6 Å². The molecule has 0 spiro atoms. The number of hydrogen-bond donors (Lipinski definition) is 0. The standard InChI is InChI=1S/C59H55N7O/c1-57(2,3)41-33-42(64-31-32-65(38-64)53-44(39-21-12-10-13-22-39)26-20-27-45(53)40-23-14-11-15-24-40)35-43(34-41)67-51-37-50-47(46-25-16-17-28-49(46)66(50)52-29-18-19-30-60-52)36-48(51)54-61-55(58(4,5)6)63-56(62-54)59(7,8)9/h10-37H,1-9H3/q+2/i10D,11D,12D,13D,14D,15D,21D,22D,23D,24D. The Morgan fingerprint density at radius 3 is 1.81 bits per heavy atom. The summed E-state index contributed by atoms with van der Waals surface area (Å²) in [6, 6.07) is 26.7. The van der Waals surface area contributed by atoms with Gasteiger partial charge in [-0.2, -0.15) is 0 Å². The van der Waals surface area contributed by atoms with Crippen LogP contribution in [-0.2, 0) is 16.2 Å². The largest absolute Gasteiger partial charge is 0.501 e. The third-order valence-corrected chi connectivity index (χ3v) is 11.5. The van der Waals surface area contributed by atoms with Gasteiger partial charge in [-0.1, -0.05) is 162 Å². The van der Waals surface area contributed by atoms with Crippen molar-refractivity contribution >= 4 is 39.2 Å². The van der Waals surface area contributed by atoms with Crippen LogP contribution in [0, 0.1) is 0 Å². The molecule has 0 aliphatic carbocycles. The minimum atomic E-state index is -0.575. The summed E-state index contributed by atoms with van der Waals surface area (Å²) in [4.78, 5) is 20.1. The lowest BCUT2D eigenvalue weighted by molar-refractivity contribution is -0.386. The lowest BCUT2D eigenvalue weighted by atomic mass is 9.86. The average molecular weight is 888 g/mol. The summed E-state index contributed by atoms with van der Waals surface area (Å²) in [5, 5.41) is 1.93. The monoisotopic (exact) mass is 888 g/mol. The van der Waals surface area contributed by atoms with Gasteiger partial charge in [0.2, 0.25) is 11.4 Å². The molecule has 0 radical (unpaired) electrons. The number of ether oxygens (including phenoxy) is 1. The van der Waals surface area contributed by atoms with E-state index < -0.39 is 76.7 Å². The van der Waals surface area contributed by atoms with Crippen molar-refractivity contribution in [3.05, 3.63) is 187 Å². The van der Waals surface area contributed by atoms with Gasteiger partial charge in [0, 0.05) is 39.9 Å². The molecule has 0 unspecified atom stereocenters. The molecule has 4 heterocycles. The van der Waals surface area contributed by atoms with Gasteiger partial charge in [0.15, 0.2) is 5.82 Å². The summed E-state index contributed by atoms with van der Waals surface area (Å²) < 4.78 is 99.6. The van der Waals surface area contributed by atoms with Crippen LogP contribution in [0.3, 0.4) is 0 Å². The van der Waals surface area contributed by atoms with E-state index >= 15 is 0 Å².